The smallest absolute Gasteiger partial charge is 0.309 e. The van der Waals surface area contributed by atoms with Gasteiger partial charge in [-0.15, -0.1) is 0 Å². The third-order valence-corrected chi connectivity index (χ3v) is 9.47. The summed E-state index contributed by atoms with van der Waals surface area (Å²) in [7, 11) is 0. The lowest BCUT2D eigenvalue weighted by Gasteiger charge is -2.62. The summed E-state index contributed by atoms with van der Waals surface area (Å²) in [6.07, 6.45) is 4.30. The number of rotatable bonds is 4. The molecule has 3 fully saturated rings. The van der Waals surface area contributed by atoms with Crippen molar-refractivity contribution in [3.8, 4) is 0 Å². The van der Waals surface area contributed by atoms with Crippen LogP contribution in [0.3, 0.4) is 0 Å². The summed E-state index contributed by atoms with van der Waals surface area (Å²) in [6.45, 7) is 7.91. The molecule has 3 saturated carbocycles. The van der Waals surface area contributed by atoms with Crippen LogP contribution in [0.4, 0.5) is 4.39 Å². The Labute approximate surface area is 194 Å². The van der Waals surface area contributed by atoms with Gasteiger partial charge in [0.15, 0.2) is 17.1 Å². The molecule has 0 aromatic rings. The van der Waals surface area contributed by atoms with Gasteiger partial charge in [-0.3, -0.25) is 14.4 Å². The normalized spacial score (nSPS) is 46.3. The van der Waals surface area contributed by atoms with Gasteiger partial charge in [0.1, 0.15) is 6.61 Å². The van der Waals surface area contributed by atoms with Gasteiger partial charge in [0, 0.05) is 22.7 Å². The van der Waals surface area contributed by atoms with E-state index in [1.54, 1.807) is 33.8 Å². The summed E-state index contributed by atoms with van der Waals surface area (Å²) in [6, 6.07) is 0. The zero-order valence-corrected chi connectivity index (χ0v) is 20.1. The zero-order valence-electron chi connectivity index (χ0n) is 20.1. The Kier molecular flexibility index (Phi) is 5.57. The van der Waals surface area contributed by atoms with Gasteiger partial charge in [0.05, 0.1) is 12.0 Å². The van der Waals surface area contributed by atoms with Crippen molar-refractivity contribution in [2.24, 2.45) is 34.5 Å². The molecule has 0 bridgehead atoms. The summed E-state index contributed by atoms with van der Waals surface area (Å²) in [5.74, 6) is -3.20. The molecule has 0 heterocycles. The molecule has 0 unspecified atom stereocenters. The van der Waals surface area contributed by atoms with Crippen molar-refractivity contribution in [3.05, 3.63) is 23.8 Å². The van der Waals surface area contributed by atoms with E-state index in [0.29, 0.717) is 24.8 Å². The molecule has 0 aliphatic heterocycles. The maximum Gasteiger partial charge on any atom is 0.309 e. The first-order chi connectivity index (χ1) is 15.3. The number of ketones is 2. The predicted octanol–water partition coefficient (Wildman–Crippen LogP) is 3.10. The molecule has 8 atom stereocenters. The first-order valence-electron chi connectivity index (χ1n) is 12.0. The molecular weight excluding hydrogens is 427 g/mol. The topological polar surface area (TPSA) is 101 Å². The highest BCUT2D eigenvalue weighted by Crippen LogP contribution is 2.71. The zero-order chi connectivity index (χ0) is 24.6. The molecule has 4 aliphatic rings. The van der Waals surface area contributed by atoms with E-state index in [-0.39, 0.29) is 18.1 Å². The largest absolute Gasteiger partial charge is 0.450 e. The number of alkyl halides is 1. The van der Waals surface area contributed by atoms with Crippen LogP contribution in [0.25, 0.3) is 0 Å². The fourth-order valence-corrected chi connectivity index (χ4v) is 7.79. The Bertz CT molecular complexity index is 954. The number of aliphatic hydroxyl groups excluding tert-OH is 2. The minimum atomic E-state index is -2.03. The maximum absolute atomic E-state index is 17.2. The number of carbonyl (C=O) groups is 3. The summed E-state index contributed by atoms with van der Waals surface area (Å²) in [4.78, 5) is 38.0. The molecule has 0 saturated heterocycles. The van der Waals surface area contributed by atoms with Gasteiger partial charge < -0.3 is 14.9 Å². The first kappa shape index (κ1) is 24.3. The van der Waals surface area contributed by atoms with Crippen LogP contribution in [0, 0.1) is 34.5 Å². The van der Waals surface area contributed by atoms with Crippen LogP contribution in [0.5, 0.6) is 0 Å². The number of allylic oxidation sites excluding steroid dienone is 4. The van der Waals surface area contributed by atoms with E-state index in [0.717, 1.165) is 0 Å². The van der Waals surface area contributed by atoms with Crippen molar-refractivity contribution < 1.29 is 33.7 Å². The Hall–Kier alpha value is -1.86. The fourth-order valence-electron chi connectivity index (χ4n) is 7.79. The summed E-state index contributed by atoms with van der Waals surface area (Å²) < 4.78 is 23.2. The van der Waals surface area contributed by atoms with E-state index in [1.807, 2.05) is 6.92 Å². The highest BCUT2D eigenvalue weighted by atomic mass is 19.1. The van der Waals surface area contributed by atoms with Crippen LogP contribution in [0.15, 0.2) is 23.8 Å². The van der Waals surface area contributed by atoms with Gasteiger partial charge in [0.25, 0.3) is 0 Å². The average molecular weight is 463 g/mol. The summed E-state index contributed by atoms with van der Waals surface area (Å²) >= 11 is 0. The number of Topliss-reactive ketones (excluding diaryl/α,β-unsaturated/α-hetero) is 1. The SMILES string of the molecule is CC(C)C(=O)O[C@]1(C(=O)CO)[C@@H](C)C[C@H]2[C@@H]3CCC4=CC(=O)C=C[C@]4(C)[C@@]3(F)[C@@H](O)C[C@@]21C. The van der Waals surface area contributed by atoms with Gasteiger partial charge in [0.2, 0.25) is 5.78 Å². The Morgan fingerprint density at radius 2 is 1.94 bits per heavy atom. The summed E-state index contributed by atoms with van der Waals surface area (Å²) in [5, 5.41) is 21.3. The van der Waals surface area contributed by atoms with Crippen molar-refractivity contribution in [3.63, 3.8) is 0 Å². The van der Waals surface area contributed by atoms with E-state index >= 15 is 4.39 Å². The lowest BCUT2D eigenvalue weighted by molar-refractivity contribution is -0.229. The third-order valence-electron chi connectivity index (χ3n) is 9.47. The van der Waals surface area contributed by atoms with E-state index in [2.05, 4.69) is 0 Å². The summed E-state index contributed by atoms with van der Waals surface area (Å²) in [5.41, 5.74) is -5.15. The van der Waals surface area contributed by atoms with Crippen molar-refractivity contribution >= 4 is 17.5 Å². The first-order valence-corrected chi connectivity index (χ1v) is 12.0. The van der Waals surface area contributed by atoms with Crippen LogP contribution in [-0.4, -0.2) is 51.7 Å². The van der Waals surface area contributed by atoms with Crippen LogP contribution < -0.4 is 0 Å². The van der Waals surface area contributed by atoms with Crippen molar-refractivity contribution in [1.29, 1.82) is 0 Å². The lowest BCUT2D eigenvalue weighted by atomic mass is 9.44. The van der Waals surface area contributed by atoms with Crippen LogP contribution >= 0.6 is 0 Å². The molecule has 0 radical (unpaired) electrons. The van der Waals surface area contributed by atoms with Crippen molar-refractivity contribution in [2.45, 2.75) is 77.7 Å². The number of halogens is 1. The molecule has 33 heavy (non-hydrogen) atoms. The molecule has 4 rings (SSSR count). The van der Waals surface area contributed by atoms with E-state index < -0.39 is 64.3 Å². The molecule has 0 spiro atoms. The minimum Gasteiger partial charge on any atom is -0.450 e. The monoisotopic (exact) mass is 462 g/mol. The average Bonchev–Trinajstić information content (AvgIpc) is 2.96. The molecule has 182 valence electrons. The van der Waals surface area contributed by atoms with Crippen LogP contribution in [-0.2, 0) is 19.1 Å². The maximum atomic E-state index is 17.2. The fraction of sp³-hybridized carbons (Fsp3) is 0.731. The number of hydrogen-bond acceptors (Lipinski definition) is 6. The quantitative estimate of drug-likeness (QED) is 0.623. The Balaban J connectivity index is 1.85. The molecule has 0 aromatic carbocycles. The number of aliphatic hydroxyl groups is 2. The van der Waals surface area contributed by atoms with E-state index in [4.69, 9.17) is 4.74 Å². The van der Waals surface area contributed by atoms with Crippen LogP contribution in [0.2, 0.25) is 0 Å². The standard InChI is InChI=1S/C26H35FO6/c1-14(2)22(32)33-26(21(31)13-28)15(3)10-19-18-7-6-16-11-17(29)8-9-23(16,4)25(18,27)20(30)12-24(19,26)5/h8-9,11,14-15,18-20,28,30H,6-7,10,12-13H2,1-5H3/t15-,18-,19-,20-,23-,24-,25-,26-/m0/s1. The molecule has 4 aliphatic carbocycles. The van der Waals surface area contributed by atoms with Crippen LogP contribution in [0.1, 0.15) is 60.3 Å². The second-order valence-corrected chi connectivity index (χ2v) is 11.3. The number of ether oxygens (including phenoxy) is 1. The van der Waals surface area contributed by atoms with Crippen molar-refractivity contribution in [2.75, 3.05) is 6.61 Å². The number of esters is 1. The van der Waals surface area contributed by atoms with Gasteiger partial charge >= 0.3 is 5.97 Å². The number of hydrogen-bond donors (Lipinski definition) is 2. The lowest BCUT2D eigenvalue weighted by Crippen LogP contribution is -2.70. The molecule has 6 nitrogen and oxygen atoms in total. The van der Waals surface area contributed by atoms with Gasteiger partial charge in [-0.1, -0.05) is 39.3 Å². The molecule has 0 amide bonds. The highest BCUT2D eigenvalue weighted by Gasteiger charge is 2.77. The molecule has 2 N–H and O–H groups in total. The Morgan fingerprint density at radius 1 is 1.27 bits per heavy atom. The van der Waals surface area contributed by atoms with Gasteiger partial charge in [-0.25, -0.2) is 4.39 Å². The molecular formula is C26H35FO6. The van der Waals surface area contributed by atoms with Gasteiger partial charge in [-0.2, -0.15) is 0 Å². The number of carbonyl (C=O) groups excluding carboxylic acids is 3. The number of fused-ring (bicyclic) bond motifs is 5. The minimum absolute atomic E-state index is 0.0865. The molecule has 0 aromatic heterocycles. The second kappa shape index (κ2) is 7.57. The molecule has 7 heteroatoms. The van der Waals surface area contributed by atoms with Gasteiger partial charge in [-0.05, 0) is 50.7 Å². The van der Waals surface area contributed by atoms with E-state index in [9.17, 15) is 24.6 Å². The van der Waals surface area contributed by atoms with E-state index in [1.165, 1.54) is 12.2 Å². The highest BCUT2D eigenvalue weighted by molar-refractivity contribution is 6.01. The predicted molar refractivity (Wildman–Crippen MR) is 119 cm³/mol. The third kappa shape index (κ3) is 2.87. The Morgan fingerprint density at radius 3 is 2.55 bits per heavy atom. The second-order valence-electron chi connectivity index (χ2n) is 11.3. The van der Waals surface area contributed by atoms with Crippen molar-refractivity contribution in [1.82, 2.24) is 0 Å².